The van der Waals surface area contributed by atoms with Gasteiger partial charge in [-0.15, -0.1) is 0 Å². The van der Waals surface area contributed by atoms with Crippen molar-refractivity contribution in [1.29, 1.82) is 0 Å². The molecule has 0 saturated carbocycles. The monoisotopic (exact) mass is 165 g/mol. The van der Waals surface area contributed by atoms with Gasteiger partial charge in [0.2, 0.25) is 0 Å². The first-order chi connectivity index (χ1) is 5.13. The highest BCUT2D eigenvalue weighted by molar-refractivity contribution is 5.71. The fraction of sp³-hybridized carbons (Fsp3) is 0.833. The Morgan fingerprint density at radius 3 is 2.64 bits per heavy atom. The van der Waals surface area contributed by atoms with E-state index in [1.54, 1.807) is 0 Å². The second kappa shape index (κ2) is 3.13. The number of carboxylic acid groups (broad SMARTS) is 1. The van der Waals surface area contributed by atoms with E-state index in [4.69, 9.17) is 5.11 Å². The van der Waals surface area contributed by atoms with Gasteiger partial charge in [-0.1, -0.05) is 0 Å². The lowest BCUT2D eigenvalue weighted by Gasteiger charge is -2.26. The summed E-state index contributed by atoms with van der Waals surface area (Å²) in [6.07, 6.45) is -3.59. The van der Waals surface area contributed by atoms with Crippen molar-refractivity contribution in [3.8, 4) is 0 Å². The molecule has 2 N–H and O–H groups in total. The minimum absolute atomic E-state index is 0.150. The zero-order chi connectivity index (χ0) is 8.43. The molecule has 1 rings (SSSR count). The molecule has 0 amide bonds. The number of piperidine rings is 1. The van der Waals surface area contributed by atoms with Crippen LogP contribution in [0.1, 0.15) is 6.42 Å². The second-order valence-electron chi connectivity index (χ2n) is 2.53. The smallest absolute Gasteiger partial charge is 0.309 e. The number of nitrogens with one attached hydrogen (secondary N) is 1. The van der Waals surface area contributed by atoms with Gasteiger partial charge >= 0.3 is 5.97 Å². The number of alkyl halides is 2. The molecule has 0 aromatic rings. The second-order valence-corrected chi connectivity index (χ2v) is 2.53. The van der Waals surface area contributed by atoms with Crippen LogP contribution in [0, 0.1) is 5.92 Å². The van der Waals surface area contributed by atoms with E-state index < -0.39 is 24.4 Å². The van der Waals surface area contributed by atoms with E-state index in [2.05, 4.69) is 5.32 Å². The molecule has 0 spiro atoms. The Labute approximate surface area is 62.4 Å². The Morgan fingerprint density at radius 1 is 1.55 bits per heavy atom. The van der Waals surface area contributed by atoms with Crippen LogP contribution < -0.4 is 5.32 Å². The molecule has 1 aliphatic rings. The topological polar surface area (TPSA) is 49.3 Å². The number of rotatable bonds is 1. The van der Waals surface area contributed by atoms with Gasteiger partial charge in [0.25, 0.3) is 0 Å². The van der Waals surface area contributed by atoms with E-state index in [1.807, 2.05) is 0 Å². The maximum absolute atomic E-state index is 12.7. The van der Waals surface area contributed by atoms with Crippen LogP contribution in [-0.4, -0.2) is 30.1 Å². The fourth-order valence-electron chi connectivity index (χ4n) is 1.11. The van der Waals surface area contributed by atoms with E-state index in [9.17, 15) is 13.6 Å². The van der Waals surface area contributed by atoms with Gasteiger partial charge in [-0.05, 0) is 13.0 Å². The third-order valence-electron chi connectivity index (χ3n) is 1.78. The average molecular weight is 165 g/mol. The lowest BCUT2D eigenvalue weighted by atomic mass is 9.96. The summed E-state index contributed by atoms with van der Waals surface area (Å²) in [5.74, 6) is -2.45. The van der Waals surface area contributed by atoms with Crippen LogP contribution in [0.15, 0.2) is 0 Å². The quantitative estimate of drug-likeness (QED) is 0.550. The minimum atomic E-state index is -1.92. The Balaban J connectivity index is 2.58. The molecule has 1 saturated heterocycles. The van der Waals surface area contributed by atoms with Gasteiger partial charge in [0, 0.05) is 0 Å². The van der Waals surface area contributed by atoms with Crippen molar-refractivity contribution in [3.63, 3.8) is 0 Å². The van der Waals surface area contributed by atoms with Gasteiger partial charge in [0.15, 0.2) is 12.5 Å². The fourth-order valence-corrected chi connectivity index (χ4v) is 1.11. The van der Waals surface area contributed by atoms with Crippen LogP contribution in [0.4, 0.5) is 8.78 Å². The zero-order valence-electron chi connectivity index (χ0n) is 5.76. The summed E-state index contributed by atoms with van der Waals surface area (Å²) in [5, 5.41) is 10.6. The SMILES string of the molecule is O=C(O)C1CCNC(F)C1F. The maximum Gasteiger partial charge on any atom is 0.309 e. The third-order valence-corrected chi connectivity index (χ3v) is 1.78. The Kier molecular flexibility index (Phi) is 2.38. The average Bonchev–Trinajstić information content (AvgIpc) is 1.94. The van der Waals surface area contributed by atoms with Crippen molar-refractivity contribution in [3.05, 3.63) is 0 Å². The van der Waals surface area contributed by atoms with Crippen LogP contribution in [0.3, 0.4) is 0 Å². The van der Waals surface area contributed by atoms with E-state index in [0.717, 1.165) is 0 Å². The molecule has 0 radical (unpaired) electrons. The minimum Gasteiger partial charge on any atom is -0.481 e. The summed E-state index contributed by atoms with van der Waals surface area (Å²) in [5.41, 5.74) is 0. The lowest BCUT2D eigenvalue weighted by Crippen LogP contribution is -2.47. The lowest BCUT2D eigenvalue weighted by molar-refractivity contribution is -0.147. The number of halogens is 2. The summed E-state index contributed by atoms with van der Waals surface area (Å²) in [6.45, 7) is 0.221. The Hall–Kier alpha value is -0.710. The van der Waals surface area contributed by atoms with Gasteiger partial charge in [-0.2, -0.15) is 0 Å². The van der Waals surface area contributed by atoms with Crippen molar-refractivity contribution in [2.45, 2.75) is 18.9 Å². The summed E-state index contributed by atoms with van der Waals surface area (Å²) in [4.78, 5) is 10.3. The van der Waals surface area contributed by atoms with Crippen LogP contribution in [0.2, 0.25) is 0 Å². The zero-order valence-corrected chi connectivity index (χ0v) is 5.76. The van der Waals surface area contributed by atoms with Gasteiger partial charge < -0.3 is 5.11 Å². The van der Waals surface area contributed by atoms with Crippen molar-refractivity contribution in [2.24, 2.45) is 5.92 Å². The third kappa shape index (κ3) is 1.65. The molecule has 5 heteroatoms. The van der Waals surface area contributed by atoms with Gasteiger partial charge in [0.1, 0.15) is 0 Å². The molecular weight excluding hydrogens is 156 g/mol. The van der Waals surface area contributed by atoms with Crippen LogP contribution in [0.5, 0.6) is 0 Å². The maximum atomic E-state index is 12.7. The molecule has 3 nitrogen and oxygen atoms in total. The predicted octanol–water partition coefficient (Wildman–Crippen LogP) is 0.314. The van der Waals surface area contributed by atoms with Crippen LogP contribution in [-0.2, 0) is 4.79 Å². The van der Waals surface area contributed by atoms with Gasteiger partial charge in [0.05, 0.1) is 5.92 Å². The first-order valence-electron chi connectivity index (χ1n) is 3.37. The molecule has 1 aliphatic heterocycles. The normalized spacial score (nSPS) is 38.5. The van der Waals surface area contributed by atoms with Crippen LogP contribution in [0.25, 0.3) is 0 Å². The molecule has 0 aromatic heterocycles. The molecule has 64 valence electrons. The Morgan fingerprint density at radius 2 is 2.18 bits per heavy atom. The van der Waals surface area contributed by atoms with E-state index >= 15 is 0 Å². The molecule has 0 bridgehead atoms. The number of hydrogen-bond donors (Lipinski definition) is 2. The number of aliphatic carboxylic acids is 1. The van der Waals surface area contributed by atoms with E-state index in [1.165, 1.54) is 0 Å². The first kappa shape index (κ1) is 8.39. The molecule has 0 aliphatic carbocycles. The van der Waals surface area contributed by atoms with Crippen molar-refractivity contribution >= 4 is 5.97 Å². The molecular formula is C6H9F2NO2. The summed E-state index contributed by atoms with van der Waals surface area (Å²) < 4.78 is 25.1. The summed E-state index contributed by atoms with van der Waals surface area (Å²) in [6, 6.07) is 0. The standard InChI is InChI=1S/C6H9F2NO2/c7-4-3(6(10)11)1-2-9-5(4)8/h3-5,9H,1-2H2,(H,10,11). The molecule has 1 heterocycles. The molecule has 11 heavy (non-hydrogen) atoms. The van der Waals surface area contributed by atoms with Gasteiger partial charge in [-0.25, -0.2) is 8.78 Å². The molecule has 1 fully saturated rings. The number of carboxylic acids is 1. The van der Waals surface area contributed by atoms with Crippen molar-refractivity contribution in [2.75, 3.05) is 6.54 Å². The molecule has 0 aromatic carbocycles. The highest BCUT2D eigenvalue weighted by Crippen LogP contribution is 2.20. The molecule has 3 unspecified atom stereocenters. The van der Waals surface area contributed by atoms with E-state index in [0.29, 0.717) is 0 Å². The van der Waals surface area contributed by atoms with Gasteiger partial charge in [-0.3, -0.25) is 10.1 Å². The highest BCUT2D eigenvalue weighted by atomic mass is 19.2. The van der Waals surface area contributed by atoms with E-state index in [-0.39, 0.29) is 13.0 Å². The summed E-state index contributed by atoms with van der Waals surface area (Å²) >= 11 is 0. The number of hydrogen-bond acceptors (Lipinski definition) is 2. The van der Waals surface area contributed by atoms with Crippen LogP contribution >= 0.6 is 0 Å². The predicted molar refractivity (Wildman–Crippen MR) is 33.5 cm³/mol. The van der Waals surface area contributed by atoms with Crippen molar-refractivity contribution in [1.82, 2.24) is 5.32 Å². The highest BCUT2D eigenvalue weighted by Gasteiger charge is 2.37. The first-order valence-corrected chi connectivity index (χ1v) is 3.37. The number of carbonyl (C=O) groups is 1. The summed E-state index contributed by atoms with van der Waals surface area (Å²) in [7, 11) is 0. The molecule has 3 atom stereocenters. The van der Waals surface area contributed by atoms with Crippen molar-refractivity contribution < 1.29 is 18.7 Å². The largest absolute Gasteiger partial charge is 0.481 e. The Bertz CT molecular complexity index is 165.